The van der Waals surface area contributed by atoms with Gasteiger partial charge in [0.1, 0.15) is 6.54 Å². The Morgan fingerprint density at radius 3 is 2.17 bits per heavy atom. The molecule has 1 aromatic heterocycles. The number of unbranched alkanes of at least 4 members (excludes halogenated alkanes) is 3. The van der Waals surface area contributed by atoms with Crippen molar-refractivity contribution in [1.29, 1.82) is 0 Å². The lowest BCUT2D eigenvalue weighted by Crippen LogP contribution is -2.44. The molecule has 0 aliphatic rings. The summed E-state index contributed by atoms with van der Waals surface area (Å²) >= 11 is 3.51. The summed E-state index contributed by atoms with van der Waals surface area (Å²) in [4.78, 5) is 31.0. The lowest BCUT2D eigenvalue weighted by molar-refractivity contribution is -0.132. The summed E-state index contributed by atoms with van der Waals surface area (Å²) in [6.07, 6.45) is 8.61. The van der Waals surface area contributed by atoms with Crippen molar-refractivity contribution in [3.63, 3.8) is 0 Å². The van der Waals surface area contributed by atoms with Crippen molar-refractivity contribution in [2.75, 3.05) is 19.6 Å². The average Bonchev–Trinajstić information content (AvgIpc) is 3.38. The molecule has 0 bridgehead atoms. The summed E-state index contributed by atoms with van der Waals surface area (Å²) in [6, 6.07) is 20.4. The lowest BCUT2D eigenvalue weighted by atomic mass is 10.0. The minimum absolute atomic E-state index is 0.00460. The van der Waals surface area contributed by atoms with Crippen molar-refractivity contribution in [1.82, 2.24) is 14.4 Å². The first kappa shape index (κ1) is 31.7. The number of nitrogens with zero attached hydrogens (tertiary/aromatic N) is 3. The van der Waals surface area contributed by atoms with Gasteiger partial charge < -0.3 is 14.4 Å². The molecule has 40 heavy (non-hydrogen) atoms. The Labute approximate surface area is 249 Å². The number of hydrogen-bond acceptors (Lipinski definition) is 2. The molecule has 2 amide bonds. The number of rotatable bonds is 16. The maximum Gasteiger partial charge on any atom is 0.254 e. The summed E-state index contributed by atoms with van der Waals surface area (Å²) in [5, 5.41) is 0. The Balaban J connectivity index is 1.72. The number of benzene rings is 2. The van der Waals surface area contributed by atoms with Crippen LogP contribution in [-0.4, -0.2) is 45.8 Å². The summed E-state index contributed by atoms with van der Waals surface area (Å²) in [6.45, 7) is 11.1. The number of amides is 2. The average molecular weight is 609 g/mol. The van der Waals surface area contributed by atoms with Crippen molar-refractivity contribution >= 4 is 27.7 Å². The van der Waals surface area contributed by atoms with Crippen LogP contribution in [0.1, 0.15) is 87.0 Å². The van der Waals surface area contributed by atoms with E-state index in [1.54, 1.807) is 4.90 Å². The molecule has 0 radical (unpaired) electrons. The smallest absolute Gasteiger partial charge is 0.254 e. The zero-order valence-electron chi connectivity index (χ0n) is 24.7. The molecule has 0 saturated carbocycles. The third kappa shape index (κ3) is 9.96. The van der Waals surface area contributed by atoms with Crippen molar-refractivity contribution in [2.24, 2.45) is 5.92 Å². The predicted octanol–water partition coefficient (Wildman–Crippen LogP) is 7.96. The maximum absolute atomic E-state index is 13.7. The van der Waals surface area contributed by atoms with E-state index in [0.29, 0.717) is 25.2 Å². The quantitative estimate of drug-likeness (QED) is 0.155. The van der Waals surface area contributed by atoms with Gasteiger partial charge in [-0.2, -0.15) is 0 Å². The predicted molar refractivity (Wildman–Crippen MR) is 168 cm³/mol. The van der Waals surface area contributed by atoms with Crippen LogP contribution in [0.3, 0.4) is 0 Å². The van der Waals surface area contributed by atoms with E-state index in [-0.39, 0.29) is 24.3 Å². The molecule has 216 valence electrons. The Morgan fingerprint density at radius 2 is 1.52 bits per heavy atom. The fraction of sp³-hybridized carbons (Fsp3) is 0.471. The molecular formula is C34H46BrN3O2. The van der Waals surface area contributed by atoms with Gasteiger partial charge in [-0.3, -0.25) is 9.59 Å². The first-order valence-electron chi connectivity index (χ1n) is 14.8. The highest BCUT2D eigenvalue weighted by Gasteiger charge is 2.24. The highest BCUT2D eigenvalue weighted by Crippen LogP contribution is 2.16. The molecule has 6 heteroatoms. The van der Waals surface area contributed by atoms with E-state index in [0.717, 1.165) is 42.4 Å². The molecule has 0 spiro atoms. The first-order chi connectivity index (χ1) is 19.3. The van der Waals surface area contributed by atoms with E-state index in [9.17, 15) is 9.59 Å². The number of carbonyl (C=O) groups excluding carboxylic acids is 2. The van der Waals surface area contributed by atoms with Crippen LogP contribution in [0.5, 0.6) is 0 Å². The molecule has 3 rings (SSSR count). The van der Waals surface area contributed by atoms with E-state index in [2.05, 4.69) is 96.9 Å². The molecule has 0 N–H and O–H groups in total. The number of hydrogen-bond donors (Lipinski definition) is 0. The van der Waals surface area contributed by atoms with Gasteiger partial charge in [0.25, 0.3) is 5.91 Å². The Hall–Kier alpha value is -2.86. The molecule has 5 nitrogen and oxygen atoms in total. The first-order valence-corrected chi connectivity index (χ1v) is 15.6. The van der Waals surface area contributed by atoms with Gasteiger partial charge in [0.2, 0.25) is 5.91 Å². The fourth-order valence-electron chi connectivity index (χ4n) is 4.87. The van der Waals surface area contributed by atoms with Crippen molar-refractivity contribution in [3.05, 3.63) is 93.7 Å². The zero-order valence-corrected chi connectivity index (χ0v) is 26.3. The van der Waals surface area contributed by atoms with E-state index >= 15 is 0 Å². The van der Waals surface area contributed by atoms with Crippen molar-refractivity contribution in [3.8, 4) is 0 Å². The van der Waals surface area contributed by atoms with Crippen LogP contribution < -0.4 is 0 Å². The van der Waals surface area contributed by atoms with Crippen molar-refractivity contribution in [2.45, 2.75) is 79.3 Å². The van der Waals surface area contributed by atoms with E-state index in [1.807, 2.05) is 23.1 Å². The minimum atomic E-state index is -0.0730. The van der Waals surface area contributed by atoms with Crippen LogP contribution in [0.4, 0.5) is 0 Å². The van der Waals surface area contributed by atoms with E-state index < -0.39 is 0 Å². The second-order valence-electron chi connectivity index (χ2n) is 11.2. The molecule has 0 atom stereocenters. The third-order valence-electron chi connectivity index (χ3n) is 7.15. The standard InChI is InChI=1S/C34H46BrN3O2/c1-5-7-9-11-28-13-17-30(18-14-28)34(40)38(23-27(3)4)26-33(39)37(21-8-6-2)25-32-12-10-22-36(32)24-29-15-19-31(35)20-16-29/h10,12-20,22,27H,5-9,11,21,23-26H2,1-4H3. The van der Waals surface area contributed by atoms with Gasteiger partial charge in [0, 0.05) is 41.6 Å². The normalized spacial score (nSPS) is 11.2. The molecule has 0 unspecified atom stereocenters. The molecule has 3 aromatic rings. The van der Waals surface area contributed by atoms with Gasteiger partial charge in [-0.05, 0) is 72.7 Å². The summed E-state index contributed by atoms with van der Waals surface area (Å²) in [5.74, 6) is 0.184. The van der Waals surface area contributed by atoms with E-state index in [4.69, 9.17) is 0 Å². The van der Waals surface area contributed by atoms with E-state index in [1.165, 1.54) is 24.0 Å². The third-order valence-corrected chi connectivity index (χ3v) is 7.67. The number of halogens is 1. The molecule has 0 fully saturated rings. The molecule has 1 heterocycles. The van der Waals surface area contributed by atoms with Crippen molar-refractivity contribution < 1.29 is 9.59 Å². The molecular weight excluding hydrogens is 562 g/mol. The van der Waals surface area contributed by atoms with Crippen LogP contribution in [0.25, 0.3) is 0 Å². The monoisotopic (exact) mass is 607 g/mol. The van der Waals surface area contributed by atoms with Crippen LogP contribution in [0.2, 0.25) is 0 Å². The summed E-state index contributed by atoms with van der Waals surface area (Å²) in [5.41, 5.74) is 4.20. The Morgan fingerprint density at radius 1 is 0.850 bits per heavy atom. The molecule has 0 aliphatic heterocycles. The van der Waals surface area contributed by atoms with Gasteiger partial charge in [-0.25, -0.2) is 0 Å². The van der Waals surface area contributed by atoms with Gasteiger partial charge in [0.15, 0.2) is 0 Å². The highest BCUT2D eigenvalue weighted by molar-refractivity contribution is 9.10. The maximum atomic E-state index is 13.7. The number of aromatic nitrogens is 1. The molecule has 2 aromatic carbocycles. The second-order valence-corrected chi connectivity index (χ2v) is 12.1. The highest BCUT2D eigenvalue weighted by atomic mass is 79.9. The van der Waals surface area contributed by atoms with Crippen LogP contribution in [-0.2, 0) is 24.3 Å². The summed E-state index contributed by atoms with van der Waals surface area (Å²) in [7, 11) is 0. The Bertz CT molecular complexity index is 1180. The van der Waals surface area contributed by atoms with Crippen LogP contribution in [0.15, 0.2) is 71.3 Å². The largest absolute Gasteiger partial charge is 0.345 e. The SMILES string of the molecule is CCCCCc1ccc(C(=O)N(CC(=O)N(CCCC)Cc2cccn2Cc2ccc(Br)cc2)CC(C)C)cc1. The minimum Gasteiger partial charge on any atom is -0.345 e. The van der Waals surface area contributed by atoms with Crippen LogP contribution in [0, 0.1) is 5.92 Å². The van der Waals surface area contributed by atoms with Gasteiger partial charge >= 0.3 is 0 Å². The molecule has 0 saturated heterocycles. The Kier molecular flexibility index (Phi) is 13.0. The topological polar surface area (TPSA) is 45.6 Å². The summed E-state index contributed by atoms with van der Waals surface area (Å²) < 4.78 is 3.26. The fourth-order valence-corrected chi connectivity index (χ4v) is 5.13. The number of carbonyl (C=O) groups is 2. The molecule has 0 aliphatic carbocycles. The van der Waals surface area contributed by atoms with Crippen LogP contribution >= 0.6 is 15.9 Å². The number of aryl methyl sites for hydroxylation is 1. The van der Waals surface area contributed by atoms with Gasteiger partial charge in [-0.15, -0.1) is 0 Å². The van der Waals surface area contributed by atoms with Gasteiger partial charge in [0.05, 0.1) is 6.54 Å². The second kappa shape index (κ2) is 16.4. The zero-order chi connectivity index (χ0) is 28.9. The van der Waals surface area contributed by atoms with Gasteiger partial charge in [-0.1, -0.05) is 87.2 Å². The lowest BCUT2D eigenvalue weighted by Gasteiger charge is -2.29.